The van der Waals surface area contributed by atoms with Gasteiger partial charge < -0.3 is 5.32 Å². The molecule has 0 radical (unpaired) electrons. The van der Waals surface area contributed by atoms with Crippen molar-refractivity contribution in [3.8, 4) is 17.3 Å². The molecule has 0 aliphatic carbocycles. The second-order valence-corrected chi connectivity index (χ2v) is 6.84. The Morgan fingerprint density at radius 2 is 1.94 bits per heavy atom. The molecule has 5 nitrogen and oxygen atoms in total. The molecule has 1 N–H and O–H groups in total. The summed E-state index contributed by atoms with van der Waals surface area (Å²) in [5.41, 5.74) is 2.54. The highest BCUT2D eigenvalue weighted by Crippen LogP contribution is 2.31. The Labute approximate surface area is 177 Å². The fourth-order valence-electron chi connectivity index (χ4n) is 3.08. The quantitative estimate of drug-likeness (QED) is 0.425. The van der Waals surface area contributed by atoms with Crippen LogP contribution >= 0.6 is 0 Å². The van der Waals surface area contributed by atoms with Gasteiger partial charge in [-0.3, -0.25) is 14.7 Å². The highest BCUT2D eigenvalue weighted by molar-refractivity contribution is 6.04. The lowest BCUT2D eigenvalue weighted by Crippen LogP contribution is -2.15. The molecule has 1 amide bonds. The first-order chi connectivity index (χ1) is 14.7. The number of anilines is 2. The minimum Gasteiger partial charge on any atom is -0.322 e. The lowest BCUT2D eigenvalue weighted by atomic mass is 10.0. The number of hydrogen-bond donors (Lipinski definition) is 1. The molecule has 0 spiro atoms. The van der Waals surface area contributed by atoms with Gasteiger partial charge in [0.2, 0.25) is 0 Å². The third-order valence-electron chi connectivity index (χ3n) is 4.73. The third kappa shape index (κ3) is 5.01. The van der Waals surface area contributed by atoms with Crippen molar-refractivity contribution in [3.63, 3.8) is 0 Å². The molecule has 3 aromatic rings. The molecule has 31 heavy (non-hydrogen) atoms. The minimum atomic E-state index is -4.53. The van der Waals surface area contributed by atoms with Gasteiger partial charge in [-0.1, -0.05) is 12.1 Å². The van der Waals surface area contributed by atoms with Gasteiger partial charge in [0.1, 0.15) is 0 Å². The van der Waals surface area contributed by atoms with E-state index in [-0.39, 0.29) is 5.56 Å². The van der Waals surface area contributed by atoms with Gasteiger partial charge in [-0.2, -0.15) is 18.4 Å². The van der Waals surface area contributed by atoms with Crippen LogP contribution in [0.5, 0.6) is 0 Å². The van der Waals surface area contributed by atoms with Gasteiger partial charge in [0.05, 0.1) is 17.4 Å². The van der Waals surface area contributed by atoms with Gasteiger partial charge in [0.25, 0.3) is 5.91 Å². The highest BCUT2D eigenvalue weighted by atomic mass is 19.4. The number of pyridine rings is 1. The number of rotatable bonds is 5. The second-order valence-electron chi connectivity index (χ2n) is 6.84. The number of carbonyl (C=O) groups is 1. The number of nitrogens with zero attached hydrogens (tertiary/aromatic N) is 3. The Kier molecular flexibility index (Phi) is 6.25. The van der Waals surface area contributed by atoms with Crippen LogP contribution in [0.3, 0.4) is 0 Å². The topological polar surface area (TPSA) is 69.0 Å². The average Bonchev–Trinajstić information content (AvgIpc) is 2.75. The van der Waals surface area contributed by atoms with Crippen molar-refractivity contribution in [1.82, 2.24) is 4.98 Å². The van der Waals surface area contributed by atoms with Crippen LogP contribution in [0.15, 0.2) is 60.9 Å². The van der Waals surface area contributed by atoms with E-state index in [1.165, 1.54) is 17.0 Å². The Morgan fingerprint density at radius 3 is 2.61 bits per heavy atom. The molecule has 0 aliphatic rings. The molecule has 0 fully saturated rings. The summed E-state index contributed by atoms with van der Waals surface area (Å²) < 4.78 is 38.8. The maximum absolute atomic E-state index is 12.9. The summed E-state index contributed by atoms with van der Waals surface area (Å²) in [6.45, 7) is 4.24. The van der Waals surface area contributed by atoms with Crippen molar-refractivity contribution >= 4 is 17.3 Å². The number of nitriles is 1. The maximum atomic E-state index is 12.9. The number of alkyl halides is 3. The molecule has 0 saturated carbocycles. The third-order valence-corrected chi connectivity index (χ3v) is 4.73. The maximum Gasteiger partial charge on any atom is 0.416 e. The van der Waals surface area contributed by atoms with Gasteiger partial charge in [-0.05, 0) is 61.4 Å². The second kappa shape index (κ2) is 8.88. The number of benzene rings is 2. The zero-order chi connectivity index (χ0) is 22.6. The molecular weight excluding hydrogens is 405 g/mol. The summed E-state index contributed by atoms with van der Waals surface area (Å²) in [6.07, 6.45) is 0.798. The number of carbonyl (C=O) groups excluding carboxylic acids is 1. The van der Waals surface area contributed by atoms with E-state index in [4.69, 9.17) is 0 Å². The Balaban J connectivity index is 1.90. The van der Waals surface area contributed by atoms with Gasteiger partial charge in [-0.25, -0.2) is 0 Å². The number of aryl methyl sites for hydroxylation is 1. The van der Waals surface area contributed by atoms with Gasteiger partial charge in [0.15, 0.2) is 6.19 Å². The van der Waals surface area contributed by atoms with Crippen LogP contribution in [-0.2, 0) is 6.18 Å². The van der Waals surface area contributed by atoms with E-state index in [1.54, 1.807) is 30.6 Å². The van der Waals surface area contributed by atoms with Gasteiger partial charge >= 0.3 is 6.18 Å². The number of aromatic nitrogens is 1. The van der Waals surface area contributed by atoms with E-state index in [1.807, 2.05) is 19.9 Å². The van der Waals surface area contributed by atoms with Crippen LogP contribution in [0.1, 0.15) is 28.4 Å². The number of amides is 1. The largest absolute Gasteiger partial charge is 0.416 e. The van der Waals surface area contributed by atoms with Crippen molar-refractivity contribution in [2.24, 2.45) is 0 Å². The summed E-state index contributed by atoms with van der Waals surface area (Å²) >= 11 is 0. The Hall–Kier alpha value is -3.86. The molecule has 1 heterocycles. The summed E-state index contributed by atoms with van der Waals surface area (Å²) in [6, 6.07) is 11.3. The molecule has 0 atom stereocenters. The van der Waals surface area contributed by atoms with Crippen molar-refractivity contribution < 1.29 is 18.0 Å². The zero-order valence-corrected chi connectivity index (χ0v) is 16.9. The van der Waals surface area contributed by atoms with Crippen molar-refractivity contribution in [1.29, 1.82) is 5.26 Å². The van der Waals surface area contributed by atoms with Gasteiger partial charge in [-0.15, -0.1) is 0 Å². The van der Waals surface area contributed by atoms with Crippen molar-refractivity contribution in [2.45, 2.75) is 20.0 Å². The van der Waals surface area contributed by atoms with Crippen LogP contribution in [0, 0.1) is 18.4 Å². The number of halogens is 3. The fraction of sp³-hybridized carbons (Fsp3) is 0.174. The predicted molar refractivity (Wildman–Crippen MR) is 112 cm³/mol. The lowest BCUT2D eigenvalue weighted by Gasteiger charge is -2.15. The van der Waals surface area contributed by atoms with E-state index in [9.17, 15) is 23.2 Å². The smallest absolute Gasteiger partial charge is 0.322 e. The summed E-state index contributed by atoms with van der Waals surface area (Å²) in [5.74, 6) is -0.644. The van der Waals surface area contributed by atoms with E-state index >= 15 is 0 Å². The first kappa shape index (κ1) is 21.8. The highest BCUT2D eigenvalue weighted by Gasteiger charge is 2.30. The average molecular weight is 424 g/mol. The van der Waals surface area contributed by atoms with Crippen molar-refractivity contribution in [3.05, 3.63) is 77.6 Å². The Morgan fingerprint density at radius 1 is 1.16 bits per heavy atom. The number of hydrogen-bond acceptors (Lipinski definition) is 4. The van der Waals surface area contributed by atoms with Crippen LogP contribution < -0.4 is 10.2 Å². The fourth-order valence-corrected chi connectivity index (χ4v) is 3.08. The first-order valence-electron chi connectivity index (χ1n) is 9.45. The minimum absolute atomic E-state index is 0.0896. The molecule has 8 heteroatoms. The molecule has 0 bridgehead atoms. The van der Waals surface area contributed by atoms with Crippen molar-refractivity contribution in [2.75, 3.05) is 16.8 Å². The zero-order valence-electron chi connectivity index (χ0n) is 16.9. The summed E-state index contributed by atoms with van der Waals surface area (Å²) in [7, 11) is 0. The van der Waals surface area contributed by atoms with E-state index in [2.05, 4.69) is 16.5 Å². The standard InChI is InChI=1S/C23H19F3N4O/c1-3-30(14-27)20-10-17(12-28-13-20)21-11-19(8-7-15(21)2)29-22(31)16-5-4-6-18(9-16)23(24,25)26/h4-13H,3H2,1-2H3,(H,29,31). The summed E-state index contributed by atoms with van der Waals surface area (Å²) in [4.78, 5) is 18.2. The SMILES string of the molecule is CCN(C#N)c1cncc(-c2cc(NC(=O)c3cccc(C(F)(F)F)c3)ccc2C)c1. The van der Waals surface area contributed by atoms with Crippen LogP contribution in [0.25, 0.3) is 11.1 Å². The monoisotopic (exact) mass is 424 g/mol. The normalized spacial score (nSPS) is 11.0. The predicted octanol–water partition coefficient (Wildman–Crippen LogP) is 5.64. The molecule has 1 aromatic heterocycles. The molecule has 3 rings (SSSR count). The Bertz CT molecular complexity index is 1150. The van der Waals surface area contributed by atoms with Crippen LogP contribution in [0.2, 0.25) is 0 Å². The lowest BCUT2D eigenvalue weighted by molar-refractivity contribution is -0.137. The summed E-state index contributed by atoms with van der Waals surface area (Å²) in [5, 5.41) is 11.9. The molecular formula is C23H19F3N4O. The van der Waals surface area contributed by atoms with E-state index in [0.717, 1.165) is 28.8 Å². The molecule has 0 aliphatic heterocycles. The molecule has 0 unspecified atom stereocenters. The van der Waals surface area contributed by atoms with Crippen LogP contribution in [0.4, 0.5) is 24.5 Å². The van der Waals surface area contributed by atoms with Gasteiger partial charge in [0, 0.05) is 29.6 Å². The molecule has 0 saturated heterocycles. The van der Waals surface area contributed by atoms with E-state index in [0.29, 0.717) is 17.9 Å². The molecule has 2 aromatic carbocycles. The number of nitrogens with one attached hydrogen (secondary N) is 1. The molecule has 158 valence electrons. The van der Waals surface area contributed by atoms with Crippen LogP contribution in [-0.4, -0.2) is 17.4 Å². The first-order valence-corrected chi connectivity index (χ1v) is 9.45. The van der Waals surface area contributed by atoms with E-state index < -0.39 is 17.6 Å².